The Balaban J connectivity index is 2.08. The van der Waals surface area contributed by atoms with Gasteiger partial charge in [-0.3, -0.25) is 0 Å². The Morgan fingerprint density at radius 2 is 1.83 bits per heavy atom. The highest BCUT2D eigenvalue weighted by Gasteiger charge is 2.07. The molecule has 2 rings (SSSR count). The van der Waals surface area contributed by atoms with Crippen molar-refractivity contribution in [2.24, 2.45) is 0 Å². The number of hydrogen-bond donors (Lipinski definition) is 2. The first-order valence-electron chi connectivity index (χ1n) is 7.30. The normalized spacial score (nSPS) is 10.2. The van der Waals surface area contributed by atoms with Gasteiger partial charge in [-0.25, -0.2) is 9.97 Å². The summed E-state index contributed by atoms with van der Waals surface area (Å²) in [6.07, 6.45) is 2.42. The number of hydrogen-bond acceptors (Lipinski definition) is 7. The molecule has 2 N–H and O–H groups in total. The van der Waals surface area contributed by atoms with E-state index in [2.05, 4.69) is 20.6 Å². The van der Waals surface area contributed by atoms with Crippen LogP contribution in [-0.2, 0) is 4.74 Å². The van der Waals surface area contributed by atoms with Crippen LogP contribution >= 0.6 is 0 Å². The van der Waals surface area contributed by atoms with Crippen LogP contribution in [0.3, 0.4) is 0 Å². The van der Waals surface area contributed by atoms with Crippen molar-refractivity contribution in [2.45, 2.75) is 6.42 Å². The first-order valence-corrected chi connectivity index (χ1v) is 7.30. The number of nitrogens with one attached hydrogen (secondary N) is 2. The van der Waals surface area contributed by atoms with E-state index in [-0.39, 0.29) is 0 Å². The van der Waals surface area contributed by atoms with Gasteiger partial charge in [0.05, 0.1) is 19.9 Å². The molecule has 7 nitrogen and oxygen atoms in total. The molecule has 124 valence electrons. The first kappa shape index (κ1) is 16.8. The SMILES string of the molecule is COCCCNc1cc(Nc2cc(OC)ccc2OC)ncn1. The Morgan fingerprint density at radius 1 is 1.00 bits per heavy atom. The van der Waals surface area contributed by atoms with Crippen LogP contribution in [0, 0.1) is 0 Å². The van der Waals surface area contributed by atoms with Crippen LogP contribution in [0.25, 0.3) is 0 Å². The Bertz CT molecular complexity index is 622. The predicted octanol–water partition coefficient (Wildman–Crippen LogP) is 2.69. The highest BCUT2D eigenvalue weighted by molar-refractivity contribution is 5.67. The molecule has 0 aliphatic rings. The maximum absolute atomic E-state index is 5.35. The lowest BCUT2D eigenvalue weighted by atomic mass is 10.2. The van der Waals surface area contributed by atoms with Crippen LogP contribution in [0.15, 0.2) is 30.6 Å². The number of rotatable bonds is 9. The van der Waals surface area contributed by atoms with Gasteiger partial charge in [0, 0.05) is 32.4 Å². The van der Waals surface area contributed by atoms with Gasteiger partial charge in [-0.2, -0.15) is 0 Å². The zero-order valence-electron chi connectivity index (χ0n) is 13.6. The molecule has 1 aromatic heterocycles. The molecule has 0 saturated heterocycles. The van der Waals surface area contributed by atoms with Crippen LogP contribution in [0.1, 0.15) is 6.42 Å². The second kappa shape index (κ2) is 8.79. The van der Waals surface area contributed by atoms with Gasteiger partial charge >= 0.3 is 0 Å². The molecule has 0 aliphatic heterocycles. The van der Waals surface area contributed by atoms with E-state index in [4.69, 9.17) is 14.2 Å². The molecule has 1 aromatic carbocycles. The molecule has 7 heteroatoms. The number of anilines is 3. The molecule has 0 atom stereocenters. The molecule has 0 aliphatic carbocycles. The number of methoxy groups -OCH3 is 3. The molecule has 2 aromatic rings. The van der Waals surface area contributed by atoms with Gasteiger partial charge in [0.15, 0.2) is 0 Å². The average molecular weight is 318 g/mol. The van der Waals surface area contributed by atoms with Crippen LogP contribution < -0.4 is 20.1 Å². The molecule has 0 bridgehead atoms. The minimum absolute atomic E-state index is 0.667. The molecule has 23 heavy (non-hydrogen) atoms. The quantitative estimate of drug-likeness (QED) is 0.688. The smallest absolute Gasteiger partial charge is 0.142 e. The van der Waals surface area contributed by atoms with Crippen LogP contribution in [-0.4, -0.2) is 44.4 Å². The lowest BCUT2D eigenvalue weighted by Crippen LogP contribution is -2.07. The summed E-state index contributed by atoms with van der Waals surface area (Å²) in [7, 11) is 4.93. The van der Waals surface area contributed by atoms with Crippen molar-refractivity contribution in [2.75, 3.05) is 45.1 Å². The number of nitrogens with zero attached hydrogens (tertiary/aromatic N) is 2. The van der Waals surface area contributed by atoms with Crippen LogP contribution in [0.4, 0.5) is 17.3 Å². The highest BCUT2D eigenvalue weighted by Crippen LogP contribution is 2.31. The van der Waals surface area contributed by atoms with Crippen LogP contribution in [0.5, 0.6) is 11.5 Å². The van der Waals surface area contributed by atoms with Crippen molar-refractivity contribution < 1.29 is 14.2 Å². The van der Waals surface area contributed by atoms with Crippen molar-refractivity contribution in [3.63, 3.8) is 0 Å². The molecular weight excluding hydrogens is 296 g/mol. The first-order chi connectivity index (χ1) is 11.3. The van der Waals surface area contributed by atoms with Crippen LogP contribution in [0.2, 0.25) is 0 Å². The fraction of sp³-hybridized carbons (Fsp3) is 0.375. The lowest BCUT2D eigenvalue weighted by Gasteiger charge is -2.13. The third-order valence-electron chi connectivity index (χ3n) is 3.17. The maximum Gasteiger partial charge on any atom is 0.142 e. The molecule has 0 spiro atoms. The third-order valence-corrected chi connectivity index (χ3v) is 3.17. The van der Waals surface area contributed by atoms with Gasteiger partial charge in [0.1, 0.15) is 29.5 Å². The summed E-state index contributed by atoms with van der Waals surface area (Å²) in [4.78, 5) is 8.42. The van der Waals surface area contributed by atoms with Gasteiger partial charge in [0.25, 0.3) is 0 Å². The van der Waals surface area contributed by atoms with E-state index < -0.39 is 0 Å². The van der Waals surface area contributed by atoms with Crippen molar-refractivity contribution in [1.29, 1.82) is 0 Å². The van der Waals surface area contributed by atoms with Crippen molar-refractivity contribution in [1.82, 2.24) is 9.97 Å². The van der Waals surface area contributed by atoms with E-state index >= 15 is 0 Å². The van der Waals surface area contributed by atoms with Gasteiger partial charge in [-0.05, 0) is 18.6 Å². The molecule has 0 radical (unpaired) electrons. The van der Waals surface area contributed by atoms with Crippen molar-refractivity contribution in [3.8, 4) is 11.5 Å². The molecule has 0 fully saturated rings. The molecular formula is C16H22N4O3. The van der Waals surface area contributed by atoms with Gasteiger partial charge in [0.2, 0.25) is 0 Å². The number of ether oxygens (including phenoxy) is 3. The van der Waals surface area contributed by atoms with E-state index in [1.165, 1.54) is 6.33 Å². The summed E-state index contributed by atoms with van der Waals surface area (Å²) < 4.78 is 15.6. The van der Waals surface area contributed by atoms with E-state index in [0.717, 1.165) is 30.2 Å². The predicted molar refractivity (Wildman–Crippen MR) is 89.8 cm³/mol. The topological polar surface area (TPSA) is 77.5 Å². The lowest BCUT2D eigenvalue weighted by molar-refractivity contribution is 0.198. The Morgan fingerprint density at radius 3 is 2.57 bits per heavy atom. The Kier molecular flexibility index (Phi) is 6.43. The average Bonchev–Trinajstić information content (AvgIpc) is 2.59. The standard InChI is InChI=1S/C16H22N4O3/c1-21-8-4-7-17-15-10-16(19-11-18-15)20-13-9-12(22-2)5-6-14(13)23-3/h5-6,9-11H,4,7-8H2,1-3H3,(H2,17,18,19,20). The van der Waals surface area contributed by atoms with E-state index in [0.29, 0.717) is 18.2 Å². The van der Waals surface area contributed by atoms with E-state index in [1.807, 2.05) is 24.3 Å². The highest BCUT2D eigenvalue weighted by atomic mass is 16.5. The maximum atomic E-state index is 5.35. The zero-order valence-corrected chi connectivity index (χ0v) is 13.6. The summed E-state index contributed by atoms with van der Waals surface area (Å²) in [5, 5.41) is 6.45. The minimum Gasteiger partial charge on any atom is -0.497 e. The number of benzene rings is 1. The molecule has 0 unspecified atom stereocenters. The Labute approximate surface area is 136 Å². The summed E-state index contributed by atoms with van der Waals surface area (Å²) in [6, 6.07) is 7.37. The van der Waals surface area contributed by atoms with Crippen molar-refractivity contribution >= 4 is 17.3 Å². The third kappa shape index (κ3) is 5.00. The second-order valence-corrected chi connectivity index (χ2v) is 4.75. The Hall–Kier alpha value is -2.54. The van der Waals surface area contributed by atoms with Crippen molar-refractivity contribution in [3.05, 3.63) is 30.6 Å². The summed E-state index contributed by atoms with van der Waals surface area (Å²) in [5.41, 5.74) is 0.774. The largest absolute Gasteiger partial charge is 0.497 e. The van der Waals surface area contributed by atoms with E-state index in [1.54, 1.807) is 21.3 Å². The number of aromatic nitrogens is 2. The van der Waals surface area contributed by atoms with E-state index in [9.17, 15) is 0 Å². The fourth-order valence-corrected chi connectivity index (χ4v) is 2.01. The zero-order chi connectivity index (χ0) is 16.5. The molecule has 1 heterocycles. The van der Waals surface area contributed by atoms with Gasteiger partial charge in [-0.15, -0.1) is 0 Å². The summed E-state index contributed by atoms with van der Waals surface area (Å²) >= 11 is 0. The summed E-state index contributed by atoms with van der Waals surface area (Å²) in [6.45, 7) is 1.50. The van der Waals surface area contributed by atoms with Gasteiger partial charge in [-0.1, -0.05) is 0 Å². The minimum atomic E-state index is 0.667. The second-order valence-electron chi connectivity index (χ2n) is 4.75. The fourth-order valence-electron chi connectivity index (χ4n) is 2.01. The monoisotopic (exact) mass is 318 g/mol. The molecule has 0 amide bonds. The molecule has 0 saturated carbocycles. The van der Waals surface area contributed by atoms with Gasteiger partial charge < -0.3 is 24.8 Å². The summed E-state index contributed by atoms with van der Waals surface area (Å²) in [5.74, 6) is 2.86.